The van der Waals surface area contributed by atoms with Gasteiger partial charge in [-0.2, -0.15) is 0 Å². The zero-order valence-electron chi connectivity index (χ0n) is 10.1. The lowest BCUT2D eigenvalue weighted by Crippen LogP contribution is -2.44. The molecule has 0 aliphatic heterocycles. The Hall–Kier alpha value is -0.540. The molecule has 0 aromatic heterocycles. The van der Waals surface area contributed by atoms with Gasteiger partial charge in [0, 0.05) is 10.0 Å². The van der Waals surface area contributed by atoms with Crippen molar-refractivity contribution in [2.75, 3.05) is 5.88 Å². The van der Waals surface area contributed by atoms with Gasteiger partial charge in [0.25, 0.3) is 0 Å². The molecular weight excluding hydrogens is 302 g/mol. The predicted molar refractivity (Wildman–Crippen MR) is 75.4 cm³/mol. The first-order valence-electron chi connectivity index (χ1n) is 5.55. The van der Waals surface area contributed by atoms with Crippen LogP contribution >= 0.6 is 27.5 Å². The summed E-state index contributed by atoms with van der Waals surface area (Å²) < 4.78 is 1.11. The summed E-state index contributed by atoms with van der Waals surface area (Å²) in [7, 11) is 0. The van der Waals surface area contributed by atoms with E-state index in [4.69, 9.17) is 11.6 Å². The number of carbonyl (C=O) groups is 1. The third-order valence-electron chi connectivity index (χ3n) is 2.58. The molecule has 0 radical (unpaired) electrons. The fourth-order valence-corrected chi connectivity index (χ4v) is 2.17. The van der Waals surface area contributed by atoms with Crippen LogP contribution in [0.3, 0.4) is 0 Å². The maximum atomic E-state index is 11.3. The molecule has 0 saturated carbocycles. The number of hydrogen-bond acceptors (Lipinski definition) is 1. The molecule has 0 bridgehead atoms. The largest absolute Gasteiger partial charge is 0.350 e. The van der Waals surface area contributed by atoms with Crippen molar-refractivity contribution in [1.29, 1.82) is 0 Å². The van der Waals surface area contributed by atoms with Crippen LogP contribution in [0.4, 0.5) is 0 Å². The molecule has 0 fully saturated rings. The van der Waals surface area contributed by atoms with E-state index in [2.05, 4.69) is 27.3 Å². The number of hydrogen-bond donors (Lipinski definition) is 1. The highest BCUT2D eigenvalue weighted by Gasteiger charge is 2.19. The summed E-state index contributed by atoms with van der Waals surface area (Å²) >= 11 is 9.00. The minimum atomic E-state index is -0.235. The van der Waals surface area contributed by atoms with Crippen molar-refractivity contribution in [3.8, 4) is 0 Å². The van der Waals surface area contributed by atoms with Crippen LogP contribution in [0.2, 0.25) is 0 Å². The number of rotatable bonds is 5. The fourth-order valence-electron chi connectivity index (χ4n) is 1.62. The SMILES string of the molecule is CC(C)(CCc1ccccc1Br)NC(=O)CCl. The van der Waals surface area contributed by atoms with Gasteiger partial charge in [0.15, 0.2) is 0 Å². The summed E-state index contributed by atoms with van der Waals surface area (Å²) in [4.78, 5) is 11.3. The van der Waals surface area contributed by atoms with Gasteiger partial charge >= 0.3 is 0 Å². The molecule has 1 amide bonds. The van der Waals surface area contributed by atoms with Crippen molar-refractivity contribution >= 4 is 33.4 Å². The Morgan fingerprint density at radius 3 is 2.65 bits per heavy atom. The molecule has 17 heavy (non-hydrogen) atoms. The van der Waals surface area contributed by atoms with E-state index in [1.807, 2.05) is 32.0 Å². The number of nitrogens with one attached hydrogen (secondary N) is 1. The van der Waals surface area contributed by atoms with E-state index in [-0.39, 0.29) is 17.3 Å². The number of halogens is 2. The first-order valence-corrected chi connectivity index (χ1v) is 6.88. The number of alkyl halides is 1. The zero-order chi connectivity index (χ0) is 12.9. The van der Waals surface area contributed by atoms with Crippen molar-refractivity contribution in [3.63, 3.8) is 0 Å². The van der Waals surface area contributed by atoms with Gasteiger partial charge in [-0.1, -0.05) is 34.1 Å². The lowest BCUT2D eigenvalue weighted by molar-refractivity contribution is -0.120. The highest BCUT2D eigenvalue weighted by Crippen LogP contribution is 2.20. The highest BCUT2D eigenvalue weighted by atomic mass is 79.9. The molecule has 0 heterocycles. The van der Waals surface area contributed by atoms with Crippen molar-refractivity contribution in [1.82, 2.24) is 5.32 Å². The van der Waals surface area contributed by atoms with Gasteiger partial charge in [0.2, 0.25) is 5.91 Å². The Bertz CT molecular complexity index is 393. The molecule has 0 spiro atoms. The van der Waals surface area contributed by atoms with E-state index in [1.54, 1.807) is 0 Å². The average Bonchev–Trinajstić information content (AvgIpc) is 2.27. The molecule has 2 nitrogen and oxygen atoms in total. The second-order valence-electron chi connectivity index (χ2n) is 4.66. The Morgan fingerprint density at radius 1 is 1.41 bits per heavy atom. The summed E-state index contributed by atoms with van der Waals surface area (Å²) in [5.74, 6) is -0.109. The summed E-state index contributed by atoms with van der Waals surface area (Å²) in [6.45, 7) is 4.02. The van der Waals surface area contributed by atoms with Crippen molar-refractivity contribution in [2.24, 2.45) is 0 Å². The first-order chi connectivity index (χ1) is 7.94. The van der Waals surface area contributed by atoms with Gasteiger partial charge in [0.05, 0.1) is 0 Å². The van der Waals surface area contributed by atoms with E-state index in [0.29, 0.717) is 0 Å². The monoisotopic (exact) mass is 317 g/mol. The molecular formula is C13H17BrClNO. The van der Waals surface area contributed by atoms with E-state index in [9.17, 15) is 4.79 Å². The maximum absolute atomic E-state index is 11.3. The Morgan fingerprint density at radius 2 is 2.06 bits per heavy atom. The first kappa shape index (κ1) is 14.5. The maximum Gasteiger partial charge on any atom is 0.235 e. The Labute approximate surface area is 116 Å². The third kappa shape index (κ3) is 5.09. The van der Waals surface area contributed by atoms with Crippen LogP contribution in [0.1, 0.15) is 25.8 Å². The number of carbonyl (C=O) groups excluding carboxylic acids is 1. The van der Waals surface area contributed by atoms with Crippen molar-refractivity contribution in [2.45, 2.75) is 32.2 Å². The van der Waals surface area contributed by atoms with E-state index < -0.39 is 0 Å². The van der Waals surface area contributed by atoms with Gasteiger partial charge in [-0.3, -0.25) is 4.79 Å². The van der Waals surface area contributed by atoms with Gasteiger partial charge in [-0.25, -0.2) is 0 Å². The molecule has 94 valence electrons. The summed E-state index contributed by atoms with van der Waals surface area (Å²) in [6, 6.07) is 8.13. The van der Waals surface area contributed by atoms with Gasteiger partial charge < -0.3 is 5.32 Å². The quantitative estimate of drug-likeness (QED) is 0.827. The van der Waals surface area contributed by atoms with Crippen molar-refractivity contribution < 1.29 is 4.79 Å². The van der Waals surface area contributed by atoms with Gasteiger partial charge in [-0.15, -0.1) is 11.6 Å². The zero-order valence-corrected chi connectivity index (χ0v) is 12.4. The second kappa shape index (κ2) is 6.41. The molecule has 0 unspecified atom stereocenters. The summed E-state index contributed by atoms with van der Waals surface area (Å²) in [6.07, 6.45) is 1.79. The molecule has 0 aliphatic rings. The molecule has 1 aromatic carbocycles. The lowest BCUT2D eigenvalue weighted by atomic mass is 9.95. The molecule has 4 heteroatoms. The van der Waals surface area contributed by atoms with Crippen LogP contribution in [0.15, 0.2) is 28.7 Å². The molecule has 0 atom stereocenters. The molecule has 1 N–H and O–H groups in total. The minimum Gasteiger partial charge on any atom is -0.350 e. The molecule has 1 rings (SSSR count). The second-order valence-corrected chi connectivity index (χ2v) is 5.78. The minimum absolute atomic E-state index is 0.0124. The summed E-state index contributed by atoms with van der Waals surface area (Å²) in [5.41, 5.74) is 1.02. The van der Waals surface area contributed by atoms with Crippen LogP contribution in [-0.2, 0) is 11.2 Å². The molecule has 0 aliphatic carbocycles. The van der Waals surface area contributed by atoms with E-state index in [0.717, 1.165) is 17.3 Å². The number of benzene rings is 1. The number of aryl methyl sites for hydroxylation is 1. The smallest absolute Gasteiger partial charge is 0.235 e. The predicted octanol–water partition coefficient (Wildman–Crippen LogP) is 3.52. The van der Waals surface area contributed by atoms with E-state index >= 15 is 0 Å². The molecule has 0 saturated heterocycles. The topological polar surface area (TPSA) is 29.1 Å². The van der Waals surface area contributed by atoms with Crippen molar-refractivity contribution in [3.05, 3.63) is 34.3 Å². The standard InChI is InChI=1S/C13H17BrClNO/c1-13(2,16-12(17)9-15)8-7-10-5-3-4-6-11(10)14/h3-6H,7-9H2,1-2H3,(H,16,17). The van der Waals surface area contributed by atoms with Crippen LogP contribution in [0.5, 0.6) is 0 Å². The lowest BCUT2D eigenvalue weighted by Gasteiger charge is -2.26. The highest BCUT2D eigenvalue weighted by molar-refractivity contribution is 9.10. The Kier molecular flexibility index (Phi) is 5.47. The average molecular weight is 319 g/mol. The molecule has 1 aromatic rings. The van der Waals surface area contributed by atoms with Crippen LogP contribution in [-0.4, -0.2) is 17.3 Å². The van der Waals surface area contributed by atoms with Crippen LogP contribution in [0.25, 0.3) is 0 Å². The summed E-state index contributed by atoms with van der Waals surface area (Å²) in [5, 5.41) is 2.91. The fraction of sp³-hybridized carbons (Fsp3) is 0.462. The van der Waals surface area contributed by atoms with Crippen LogP contribution in [0, 0.1) is 0 Å². The third-order valence-corrected chi connectivity index (χ3v) is 3.59. The Balaban J connectivity index is 2.55. The van der Waals surface area contributed by atoms with Gasteiger partial charge in [0.1, 0.15) is 5.88 Å². The van der Waals surface area contributed by atoms with Crippen LogP contribution < -0.4 is 5.32 Å². The normalized spacial score (nSPS) is 11.3. The number of amides is 1. The van der Waals surface area contributed by atoms with Gasteiger partial charge in [-0.05, 0) is 38.3 Å². The van der Waals surface area contributed by atoms with E-state index in [1.165, 1.54) is 5.56 Å².